The average Bonchev–Trinajstić information content (AvgIpc) is 2.45. The Morgan fingerprint density at radius 1 is 1.20 bits per heavy atom. The molecule has 0 amide bonds. The van der Waals surface area contributed by atoms with Gasteiger partial charge in [-0.2, -0.15) is 0 Å². The van der Waals surface area contributed by atoms with Gasteiger partial charge in [0.2, 0.25) is 0 Å². The Hall–Kier alpha value is -2.82. The predicted molar refractivity (Wildman–Crippen MR) is 76.7 cm³/mol. The van der Waals surface area contributed by atoms with Gasteiger partial charge < -0.3 is 9.84 Å². The number of nitro groups is 1. The highest BCUT2D eigenvalue weighted by molar-refractivity contribution is 5.75. The summed E-state index contributed by atoms with van der Waals surface area (Å²) in [5.41, 5.74) is 1.14. The lowest BCUT2D eigenvalue weighted by Crippen LogP contribution is -1.90. The lowest BCUT2D eigenvalue weighted by molar-refractivity contribution is -0.385. The summed E-state index contributed by atoms with van der Waals surface area (Å²) < 4.78 is 5.11. The summed E-state index contributed by atoms with van der Waals surface area (Å²) in [7, 11) is 1.57. The molecule has 2 aromatic carbocycles. The van der Waals surface area contributed by atoms with Gasteiger partial charge in [0.05, 0.1) is 17.6 Å². The first-order valence-electron chi connectivity index (χ1n) is 5.89. The number of hydrogen-bond donors (Lipinski definition) is 1. The monoisotopic (exact) mass is 271 g/mol. The molecule has 0 radical (unpaired) electrons. The second kappa shape index (κ2) is 5.88. The number of methoxy groups -OCH3 is 1. The second-order valence-electron chi connectivity index (χ2n) is 4.11. The fraction of sp³-hybridized carbons (Fsp3) is 0.0667. The molecule has 0 heterocycles. The van der Waals surface area contributed by atoms with Crippen molar-refractivity contribution in [3.05, 3.63) is 63.7 Å². The van der Waals surface area contributed by atoms with E-state index in [1.807, 2.05) is 24.3 Å². The molecule has 0 aromatic heterocycles. The average molecular weight is 271 g/mol. The molecule has 0 spiro atoms. The number of nitro benzene ring substituents is 1. The topological polar surface area (TPSA) is 72.6 Å². The highest BCUT2D eigenvalue weighted by atomic mass is 16.6. The van der Waals surface area contributed by atoms with Crippen LogP contribution in [0, 0.1) is 10.1 Å². The van der Waals surface area contributed by atoms with E-state index < -0.39 is 4.92 Å². The summed E-state index contributed by atoms with van der Waals surface area (Å²) in [6.45, 7) is 0. The number of hydrogen-bond acceptors (Lipinski definition) is 4. The van der Waals surface area contributed by atoms with E-state index in [0.29, 0.717) is 11.3 Å². The van der Waals surface area contributed by atoms with E-state index in [0.717, 1.165) is 5.56 Å². The van der Waals surface area contributed by atoms with Crippen LogP contribution >= 0.6 is 0 Å². The van der Waals surface area contributed by atoms with Gasteiger partial charge in [0.1, 0.15) is 11.5 Å². The number of benzene rings is 2. The molecule has 2 rings (SSSR count). The molecule has 102 valence electrons. The lowest BCUT2D eigenvalue weighted by atomic mass is 10.1. The number of rotatable bonds is 4. The van der Waals surface area contributed by atoms with E-state index in [4.69, 9.17) is 4.74 Å². The van der Waals surface area contributed by atoms with Crippen molar-refractivity contribution in [2.24, 2.45) is 0 Å². The second-order valence-corrected chi connectivity index (χ2v) is 4.11. The Bertz CT molecular complexity index is 665. The Balaban J connectivity index is 2.35. The van der Waals surface area contributed by atoms with E-state index in [9.17, 15) is 15.2 Å². The SMILES string of the molecule is COc1cccc(/C=C/c2cc(O)ccc2[N+](=O)[O-])c1. The molecule has 0 saturated heterocycles. The summed E-state index contributed by atoms with van der Waals surface area (Å²) in [5, 5.41) is 20.3. The largest absolute Gasteiger partial charge is 0.508 e. The minimum absolute atomic E-state index is 0.0131. The lowest BCUT2D eigenvalue weighted by Gasteiger charge is -2.01. The van der Waals surface area contributed by atoms with Crippen LogP contribution in [0.5, 0.6) is 11.5 Å². The molecule has 0 saturated carbocycles. The van der Waals surface area contributed by atoms with Crippen LogP contribution < -0.4 is 4.74 Å². The van der Waals surface area contributed by atoms with Gasteiger partial charge >= 0.3 is 0 Å². The van der Waals surface area contributed by atoms with Crippen molar-refractivity contribution >= 4 is 17.8 Å². The van der Waals surface area contributed by atoms with E-state index in [1.165, 1.54) is 18.2 Å². The third kappa shape index (κ3) is 3.14. The van der Waals surface area contributed by atoms with Gasteiger partial charge in [0.15, 0.2) is 0 Å². The van der Waals surface area contributed by atoms with E-state index in [-0.39, 0.29) is 11.4 Å². The zero-order chi connectivity index (χ0) is 14.5. The maximum absolute atomic E-state index is 10.9. The van der Waals surface area contributed by atoms with E-state index in [2.05, 4.69) is 0 Å². The Labute approximate surface area is 115 Å². The van der Waals surface area contributed by atoms with Crippen LogP contribution in [0.2, 0.25) is 0 Å². The molecule has 0 fully saturated rings. The van der Waals surface area contributed by atoms with Crippen molar-refractivity contribution in [1.29, 1.82) is 0 Å². The van der Waals surface area contributed by atoms with Gasteiger partial charge in [-0.3, -0.25) is 10.1 Å². The van der Waals surface area contributed by atoms with Crippen molar-refractivity contribution in [2.75, 3.05) is 7.11 Å². The maximum Gasteiger partial charge on any atom is 0.276 e. The molecule has 0 aliphatic carbocycles. The van der Waals surface area contributed by atoms with Crippen LogP contribution in [-0.4, -0.2) is 17.1 Å². The molecular weight excluding hydrogens is 258 g/mol. The zero-order valence-corrected chi connectivity index (χ0v) is 10.8. The van der Waals surface area contributed by atoms with Crippen LogP contribution in [0.25, 0.3) is 12.2 Å². The molecule has 0 aliphatic rings. The Kier molecular flexibility index (Phi) is 4.00. The van der Waals surface area contributed by atoms with Crippen LogP contribution in [0.15, 0.2) is 42.5 Å². The minimum Gasteiger partial charge on any atom is -0.508 e. The maximum atomic E-state index is 10.9. The molecule has 5 heteroatoms. The summed E-state index contributed by atoms with van der Waals surface area (Å²) in [6.07, 6.45) is 3.32. The summed E-state index contributed by atoms with van der Waals surface area (Å²) in [5.74, 6) is 0.693. The van der Waals surface area contributed by atoms with Crippen molar-refractivity contribution < 1.29 is 14.8 Å². The predicted octanol–water partition coefficient (Wildman–Crippen LogP) is 3.48. The van der Waals surface area contributed by atoms with Gasteiger partial charge in [-0.1, -0.05) is 18.2 Å². The highest BCUT2D eigenvalue weighted by Crippen LogP contribution is 2.25. The molecule has 1 N–H and O–H groups in total. The normalized spacial score (nSPS) is 10.7. The molecule has 5 nitrogen and oxygen atoms in total. The molecule has 0 aliphatic heterocycles. The van der Waals surface area contributed by atoms with Crippen molar-refractivity contribution in [3.8, 4) is 11.5 Å². The Morgan fingerprint density at radius 2 is 2.00 bits per heavy atom. The standard InChI is InChI=1S/C15H13NO4/c1-20-14-4-2-3-11(9-14)5-6-12-10-13(17)7-8-15(12)16(18)19/h2-10,17H,1H3/b6-5+. The molecule has 0 unspecified atom stereocenters. The fourth-order valence-corrected chi connectivity index (χ4v) is 1.77. The van der Waals surface area contributed by atoms with E-state index >= 15 is 0 Å². The van der Waals surface area contributed by atoms with E-state index in [1.54, 1.807) is 19.3 Å². The number of nitrogens with zero attached hydrogens (tertiary/aromatic N) is 1. The van der Waals surface area contributed by atoms with Crippen molar-refractivity contribution in [2.45, 2.75) is 0 Å². The van der Waals surface area contributed by atoms with Crippen LogP contribution in [-0.2, 0) is 0 Å². The zero-order valence-electron chi connectivity index (χ0n) is 10.8. The van der Waals surface area contributed by atoms with Gasteiger partial charge in [-0.15, -0.1) is 0 Å². The van der Waals surface area contributed by atoms with Gasteiger partial charge in [0, 0.05) is 6.07 Å². The molecule has 2 aromatic rings. The van der Waals surface area contributed by atoms with Crippen molar-refractivity contribution in [3.63, 3.8) is 0 Å². The number of aromatic hydroxyl groups is 1. The fourth-order valence-electron chi connectivity index (χ4n) is 1.77. The minimum atomic E-state index is -0.481. The number of phenols is 1. The molecule has 0 atom stereocenters. The number of ether oxygens (including phenoxy) is 1. The third-order valence-electron chi connectivity index (χ3n) is 2.76. The van der Waals surface area contributed by atoms with Gasteiger partial charge in [-0.05, 0) is 35.9 Å². The van der Waals surface area contributed by atoms with Gasteiger partial charge in [-0.25, -0.2) is 0 Å². The summed E-state index contributed by atoms with van der Waals surface area (Å²) >= 11 is 0. The van der Waals surface area contributed by atoms with Gasteiger partial charge in [0.25, 0.3) is 5.69 Å². The molecule has 0 bridgehead atoms. The van der Waals surface area contributed by atoms with Crippen LogP contribution in [0.4, 0.5) is 5.69 Å². The first kappa shape index (κ1) is 13.6. The van der Waals surface area contributed by atoms with Crippen LogP contribution in [0.3, 0.4) is 0 Å². The third-order valence-corrected chi connectivity index (χ3v) is 2.76. The summed E-state index contributed by atoms with van der Waals surface area (Å²) in [6, 6.07) is 11.2. The van der Waals surface area contributed by atoms with Crippen molar-refractivity contribution in [1.82, 2.24) is 0 Å². The number of phenolic OH excluding ortho intramolecular Hbond substituents is 1. The first-order valence-corrected chi connectivity index (χ1v) is 5.89. The first-order chi connectivity index (χ1) is 9.60. The summed E-state index contributed by atoms with van der Waals surface area (Å²) in [4.78, 5) is 10.4. The highest BCUT2D eigenvalue weighted by Gasteiger charge is 2.11. The quantitative estimate of drug-likeness (QED) is 0.525. The molecular formula is C15H13NO4. The molecule has 20 heavy (non-hydrogen) atoms. The Morgan fingerprint density at radius 3 is 2.70 bits per heavy atom. The smallest absolute Gasteiger partial charge is 0.276 e. The van der Waals surface area contributed by atoms with Crippen LogP contribution in [0.1, 0.15) is 11.1 Å².